The summed E-state index contributed by atoms with van der Waals surface area (Å²) in [5.74, 6) is -2.28. The number of hydrogen-bond acceptors (Lipinski definition) is 8. The zero-order chi connectivity index (χ0) is 20.7. The second kappa shape index (κ2) is 10.1. The molecule has 1 aliphatic heterocycles. The van der Waals surface area contributed by atoms with Gasteiger partial charge >= 0.3 is 17.9 Å². The van der Waals surface area contributed by atoms with Gasteiger partial charge < -0.3 is 23.7 Å². The van der Waals surface area contributed by atoms with Gasteiger partial charge in [0.15, 0.2) is 12.3 Å². The minimum atomic E-state index is -1.86. The molecule has 0 spiro atoms. The van der Waals surface area contributed by atoms with Crippen molar-refractivity contribution in [2.24, 2.45) is 0 Å². The van der Waals surface area contributed by atoms with Crippen LogP contribution in [0.3, 0.4) is 0 Å². The summed E-state index contributed by atoms with van der Waals surface area (Å²) in [5, 5.41) is 0. The Balaban J connectivity index is 2.13. The molecule has 0 unspecified atom stereocenters. The minimum absolute atomic E-state index is 0.196. The molecule has 0 radical (unpaired) electrons. The Bertz CT molecular complexity index is 680. The van der Waals surface area contributed by atoms with Crippen molar-refractivity contribution < 1.29 is 42.5 Å². The largest absolute Gasteiger partial charge is 0.455 e. The second-order valence-corrected chi connectivity index (χ2v) is 6.25. The Hall–Kier alpha value is -2.52. The topological polar surface area (TPSA) is 97.4 Å². The van der Waals surface area contributed by atoms with Crippen molar-refractivity contribution in [1.82, 2.24) is 0 Å². The SMILES string of the molecule is CC(=O)O[C@H]1O[C@H](COCc2ccccc2)[C@@H](F)[C@@H](OC(C)=O)[C@@H]1OC(C)=O. The maximum absolute atomic E-state index is 15.0. The molecule has 0 aliphatic carbocycles. The van der Waals surface area contributed by atoms with Crippen LogP contribution in [-0.2, 0) is 44.7 Å². The normalized spacial score (nSPS) is 26.9. The van der Waals surface area contributed by atoms with E-state index in [4.69, 9.17) is 23.7 Å². The van der Waals surface area contributed by atoms with Crippen LogP contribution >= 0.6 is 0 Å². The van der Waals surface area contributed by atoms with E-state index in [9.17, 15) is 18.8 Å². The van der Waals surface area contributed by atoms with Gasteiger partial charge in [-0.3, -0.25) is 14.4 Å². The number of carbonyl (C=O) groups excluding carboxylic acids is 3. The van der Waals surface area contributed by atoms with Crippen LogP contribution in [0, 0.1) is 0 Å². The number of alkyl halides is 1. The highest BCUT2D eigenvalue weighted by Crippen LogP contribution is 2.29. The predicted molar refractivity (Wildman–Crippen MR) is 92.5 cm³/mol. The van der Waals surface area contributed by atoms with Crippen LogP contribution < -0.4 is 0 Å². The van der Waals surface area contributed by atoms with Crippen LogP contribution in [0.15, 0.2) is 30.3 Å². The van der Waals surface area contributed by atoms with E-state index in [0.717, 1.165) is 26.3 Å². The Morgan fingerprint density at radius 3 is 2.07 bits per heavy atom. The lowest BCUT2D eigenvalue weighted by Gasteiger charge is -2.41. The molecule has 1 fully saturated rings. The first-order chi connectivity index (χ1) is 13.3. The third-order valence-corrected chi connectivity index (χ3v) is 3.85. The maximum Gasteiger partial charge on any atom is 0.305 e. The minimum Gasteiger partial charge on any atom is -0.455 e. The number of esters is 3. The van der Waals surface area contributed by atoms with E-state index in [1.54, 1.807) is 0 Å². The van der Waals surface area contributed by atoms with Gasteiger partial charge in [0.25, 0.3) is 0 Å². The fourth-order valence-electron chi connectivity index (χ4n) is 2.77. The van der Waals surface area contributed by atoms with Crippen LogP contribution in [0.25, 0.3) is 0 Å². The lowest BCUT2D eigenvalue weighted by Crippen LogP contribution is -2.60. The number of rotatable bonds is 7. The number of halogens is 1. The fourth-order valence-corrected chi connectivity index (χ4v) is 2.77. The molecule has 0 aromatic heterocycles. The van der Waals surface area contributed by atoms with Gasteiger partial charge in [-0.2, -0.15) is 0 Å². The highest BCUT2D eigenvalue weighted by molar-refractivity contribution is 5.68. The van der Waals surface area contributed by atoms with Crippen molar-refractivity contribution in [3.63, 3.8) is 0 Å². The molecule has 5 atom stereocenters. The molecular weight excluding hydrogens is 375 g/mol. The zero-order valence-electron chi connectivity index (χ0n) is 15.8. The first-order valence-corrected chi connectivity index (χ1v) is 8.70. The lowest BCUT2D eigenvalue weighted by atomic mass is 10.00. The number of benzene rings is 1. The third kappa shape index (κ3) is 6.28. The van der Waals surface area contributed by atoms with Crippen LogP contribution in [0.1, 0.15) is 26.3 Å². The molecule has 154 valence electrons. The molecule has 1 aromatic carbocycles. The van der Waals surface area contributed by atoms with Gasteiger partial charge in [0.05, 0.1) is 13.2 Å². The first kappa shape index (κ1) is 21.8. The average Bonchev–Trinajstić information content (AvgIpc) is 2.61. The molecule has 8 nitrogen and oxygen atoms in total. The van der Waals surface area contributed by atoms with E-state index < -0.39 is 48.7 Å². The molecule has 0 bridgehead atoms. The van der Waals surface area contributed by atoms with Crippen molar-refractivity contribution in [3.8, 4) is 0 Å². The van der Waals surface area contributed by atoms with Gasteiger partial charge in [0.2, 0.25) is 12.4 Å². The van der Waals surface area contributed by atoms with E-state index in [-0.39, 0.29) is 13.2 Å². The number of ether oxygens (including phenoxy) is 5. The van der Waals surface area contributed by atoms with Gasteiger partial charge in [-0.05, 0) is 5.56 Å². The predicted octanol–water partition coefficient (Wildman–Crippen LogP) is 1.69. The Morgan fingerprint density at radius 1 is 0.929 bits per heavy atom. The summed E-state index contributed by atoms with van der Waals surface area (Å²) in [4.78, 5) is 34.2. The Labute approximate surface area is 161 Å². The summed E-state index contributed by atoms with van der Waals surface area (Å²) in [6.07, 6.45) is -7.46. The first-order valence-electron chi connectivity index (χ1n) is 8.70. The van der Waals surface area contributed by atoms with E-state index in [1.165, 1.54) is 0 Å². The molecule has 28 heavy (non-hydrogen) atoms. The van der Waals surface area contributed by atoms with Crippen molar-refractivity contribution in [3.05, 3.63) is 35.9 Å². The zero-order valence-corrected chi connectivity index (χ0v) is 15.8. The third-order valence-electron chi connectivity index (χ3n) is 3.85. The quantitative estimate of drug-likeness (QED) is 0.506. The standard InChI is InChI=1S/C19H23FO8/c1-11(21)25-17-16(20)15(10-24-9-14-7-5-4-6-8-14)28-19(27-13(3)23)18(17)26-12(2)22/h4-8,15-19H,9-10H2,1-3H3/t15-,16-,17-,18+,19+/m1/s1. The Morgan fingerprint density at radius 2 is 1.50 bits per heavy atom. The average molecular weight is 398 g/mol. The second-order valence-electron chi connectivity index (χ2n) is 6.25. The van der Waals surface area contributed by atoms with Crippen molar-refractivity contribution in [2.75, 3.05) is 6.61 Å². The number of hydrogen-bond donors (Lipinski definition) is 0. The summed E-state index contributed by atoms with van der Waals surface area (Å²) >= 11 is 0. The smallest absolute Gasteiger partial charge is 0.305 e. The highest BCUT2D eigenvalue weighted by atomic mass is 19.1. The lowest BCUT2D eigenvalue weighted by molar-refractivity contribution is -0.290. The Kier molecular flexibility index (Phi) is 7.89. The summed E-state index contributed by atoms with van der Waals surface area (Å²) < 4.78 is 41.0. The molecule has 1 heterocycles. The molecule has 0 amide bonds. The van der Waals surface area contributed by atoms with Crippen molar-refractivity contribution in [1.29, 1.82) is 0 Å². The van der Waals surface area contributed by atoms with Gasteiger partial charge in [0.1, 0.15) is 6.10 Å². The van der Waals surface area contributed by atoms with Crippen LogP contribution in [-0.4, -0.2) is 55.3 Å². The van der Waals surface area contributed by atoms with E-state index >= 15 is 0 Å². The van der Waals surface area contributed by atoms with E-state index in [2.05, 4.69) is 0 Å². The van der Waals surface area contributed by atoms with Crippen LogP contribution in [0.2, 0.25) is 0 Å². The van der Waals surface area contributed by atoms with Gasteiger partial charge in [0, 0.05) is 20.8 Å². The van der Waals surface area contributed by atoms with Gasteiger partial charge in [-0.1, -0.05) is 30.3 Å². The van der Waals surface area contributed by atoms with Gasteiger partial charge in [-0.15, -0.1) is 0 Å². The van der Waals surface area contributed by atoms with Crippen LogP contribution in [0.4, 0.5) is 4.39 Å². The van der Waals surface area contributed by atoms with Crippen molar-refractivity contribution >= 4 is 17.9 Å². The maximum atomic E-state index is 15.0. The number of carbonyl (C=O) groups is 3. The molecule has 0 saturated carbocycles. The molecule has 1 aliphatic rings. The summed E-state index contributed by atoms with van der Waals surface area (Å²) in [7, 11) is 0. The van der Waals surface area contributed by atoms with E-state index in [0.29, 0.717) is 0 Å². The molecular formula is C19H23FO8. The fraction of sp³-hybridized carbons (Fsp3) is 0.526. The van der Waals surface area contributed by atoms with E-state index in [1.807, 2.05) is 30.3 Å². The molecule has 9 heteroatoms. The summed E-state index contributed by atoms with van der Waals surface area (Å²) in [5.41, 5.74) is 0.875. The molecule has 0 N–H and O–H groups in total. The summed E-state index contributed by atoms with van der Waals surface area (Å²) in [6.45, 7) is 3.32. The molecule has 1 saturated heterocycles. The highest BCUT2D eigenvalue weighted by Gasteiger charge is 2.52. The van der Waals surface area contributed by atoms with Crippen LogP contribution in [0.5, 0.6) is 0 Å². The van der Waals surface area contributed by atoms with Crippen molar-refractivity contribution in [2.45, 2.75) is 58.2 Å². The summed E-state index contributed by atoms with van der Waals surface area (Å²) in [6, 6.07) is 9.22. The molecule has 2 rings (SSSR count). The van der Waals surface area contributed by atoms with Gasteiger partial charge in [-0.25, -0.2) is 4.39 Å². The molecule has 1 aromatic rings. The monoisotopic (exact) mass is 398 g/mol.